The number of hydrogen-bond acceptors (Lipinski definition) is 2. The molecule has 0 radical (unpaired) electrons. The van der Waals surface area contributed by atoms with Crippen LogP contribution in [-0.2, 0) is 6.42 Å². The van der Waals surface area contributed by atoms with Crippen LogP contribution < -0.4 is 10.6 Å². The highest BCUT2D eigenvalue weighted by atomic mass is 19.1. The lowest BCUT2D eigenvalue weighted by Crippen LogP contribution is -2.38. The van der Waals surface area contributed by atoms with Crippen molar-refractivity contribution < 1.29 is 4.39 Å². The van der Waals surface area contributed by atoms with Crippen LogP contribution in [0.4, 0.5) is 10.1 Å². The van der Waals surface area contributed by atoms with Gasteiger partial charge in [-0.25, -0.2) is 4.39 Å². The summed E-state index contributed by atoms with van der Waals surface area (Å²) in [6, 6.07) is 5.06. The first-order valence-corrected chi connectivity index (χ1v) is 6.31. The van der Waals surface area contributed by atoms with Gasteiger partial charge in [0.05, 0.1) is 0 Å². The lowest BCUT2D eigenvalue weighted by molar-refractivity contribution is 0.516. The van der Waals surface area contributed by atoms with Crippen LogP contribution in [0.2, 0.25) is 0 Å². The van der Waals surface area contributed by atoms with Crippen molar-refractivity contribution >= 4 is 5.69 Å². The fraction of sp³-hybridized carbons (Fsp3) is 0.571. The predicted octanol–water partition coefficient (Wildman–Crippen LogP) is 2.71. The fourth-order valence-corrected chi connectivity index (χ4v) is 2.73. The van der Waals surface area contributed by atoms with Crippen LogP contribution in [0.15, 0.2) is 18.2 Å². The van der Waals surface area contributed by atoms with Gasteiger partial charge in [0, 0.05) is 17.8 Å². The Morgan fingerprint density at radius 2 is 2.18 bits per heavy atom. The molecule has 1 aromatic rings. The summed E-state index contributed by atoms with van der Waals surface area (Å²) in [6.07, 6.45) is 3.12. The minimum Gasteiger partial charge on any atom is -0.366 e. The predicted molar refractivity (Wildman–Crippen MR) is 69.8 cm³/mol. The highest BCUT2D eigenvalue weighted by molar-refractivity contribution is 5.56. The van der Waals surface area contributed by atoms with Crippen molar-refractivity contribution in [3.05, 3.63) is 29.6 Å². The summed E-state index contributed by atoms with van der Waals surface area (Å²) < 4.78 is 13.3. The molecule has 0 bridgehead atoms. The van der Waals surface area contributed by atoms with E-state index in [-0.39, 0.29) is 11.4 Å². The minimum absolute atomic E-state index is 0.168. The highest BCUT2D eigenvalue weighted by Gasteiger charge is 2.32. The second-order valence-corrected chi connectivity index (χ2v) is 5.38. The molecule has 0 aliphatic carbocycles. The SMILES string of the molecule is CC1(C)CCCN1c1ccc(F)cc1CCN. The number of nitrogens with two attached hydrogens (primary N) is 1. The number of hydrogen-bond donors (Lipinski definition) is 1. The molecule has 2 N–H and O–H groups in total. The maximum atomic E-state index is 13.3. The summed E-state index contributed by atoms with van der Waals surface area (Å²) in [6.45, 7) is 6.10. The van der Waals surface area contributed by atoms with E-state index in [0.29, 0.717) is 6.54 Å². The maximum Gasteiger partial charge on any atom is 0.123 e. The van der Waals surface area contributed by atoms with E-state index in [4.69, 9.17) is 5.73 Å². The molecule has 1 aromatic carbocycles. The van der Waals surface area contributed by atoms with Crippen LogP contribution in [-0.4, -0.2) is 18.6 Å². The van der Waals surface area contributed by atoms with Gasteiger partial charge in [-0.2, -0.15) is 0 Å². The molecule has 0 unspecified atom stereocenters. The van der Waals surface area contributed by atoms with Gasteiger partial charge in [0.25, 0.3) is 0 Å². The molecule has 3 heteroatoms. The number of nitrogens with zero attached hydrogens (tertiary/aromatic N) is 1. The summed E-state index contributed by atoms with van der Waals surface area (Å²) in [5.74, 6) is -0.172. The van der Waals surface area contributed by atoms with Crippen molar-refractivity contribution in [1.82, 2.24) is 0 Å². The van der Waals surface area contributed by atoms with E-state index in [0.717, 1.165) is 24.2 Å². The van der Waals surface area contributed by atoms with Gasteiger partial charge >= 0.3 is 0 Å². The molecule has 94 valence electrons. The number of benzene rings is 1. The molecule has 17 heavy (non-hydrogen) atoms. The zero-order valence-corrected chi connectivity index (χ0v) is 10.7. The molecular formula is C14H21FN2. The zero-order chi connectivity index (χ0) is 12.5. The molecule has 1 heterocycles. The van der Waals surface area contributed by atoms with Gasteiger partial charge in [-0.15, -0.1) is 0 Å². The van der Waals surface area contributed by atoms with Gasteiger partial charge in [-0.05, 0) is 63.4 Å². The van der Waals surface area contributed by atoms with Gasteiger partial charge in [-0.1, -0.05) is 0 Å². The average Bonchev–Trinajstić information content (AvgIpc) is 2.59. The van der Waals surface area contributed by atoms with Gasteiger partial charge in [0.1, 0.15) is 5.82 Å². The Morgan fingerprint density at radius 3 is 2.76 bits per heavy atom. The van der Waals surface area contributed by atoms with E-state index in [2.05, 4.69) is 18.7 Å². The second-order valence-electron chi connectivity index (χ2n) is 5.38. The van der Waals surface area contributed by atoms with Crippen molar-refractivity contribution in [2.75, 3.05) is 18.0 Å². The van der Waals surface area contributed by atoms with Gasteiger partial charge in [0.15, 0.2) is 0 Å². The Kier molecular flexibility index (Phi) is 3.38. The molecule has 0 aromatic heterocycles. The van der Waals surface area contributed by atoms with E-state index in [1.165, 1.54) is 12.8 Å². The van der Waals surface area contributed by atoms with Crippen LogP contribution in [0, 0.1) is 5.82 Å². The fourth-order valence-electron chi connectivity index (χ4n) is 2.73. The lowest BCUT2D eigenvalue weighted by Gasteiger charge is -2.35. The third-order valence-electron chi connectivity index (χ3n) is 3.65. The Bertz CT molecular complexity index is 401. The van der Waals surface area contributed by atoms with Crippen LogP contribution in [0.3, 0.4) is 0 Å². The van der Waals surface area contributed by atoms with Gasteiger partial charge in [-0.3, -0.25) is 0 Å². The summed E-state index contributed by atoms with van der Waals surface area (Å²) in [4.78, 5) is 2.39. The van der Waals surface area contributed by atoms with E-state index in [9.17, 15) is 4.39 Å². The third kappa shape index (κ3) is 2.44. The minimum atomic E-state index is -0.172. The van der Waals surface area contributed by atoms with Crippen molar-refractivity contribution in [1.29, 1.82) is 0 Å². The molecule has 0 amide bonds. The molecule has 2 nitrogen and oxygen atoms in total. The smallest absolute Gasteiger partial charge is 0.123 e. The molecule has 1 aliphatic rings. The topological polar surface area (TPSA) is 29.3 Å². The molecule has 2 rings (SSSR count). The number of anilines is 1. The monoisotopic (exact) mass is 236 g/mol. The van der Waals surface area contributed by atoms with E-state index in [1.807, 2.05) is 6.07 Å². The first kappa shape index (κ1) is 12.4. The summed E-state index contributed by atoms with van der Waals surface area (Å²) in [5, 5.41) is 0. The molecule has 0 atom stereocenters. The van der Waals surface area contributed by atoms with Crippen molar-refractivity contribution in [2.45, 2.75) is 38.6 Å². The molecule has 1 saturated heterocycles. The summed E-state index contributed by atoms with van der Waals surface area (Å²) in [7, 11) is 0. The number of rotatable bonds is 3. The van der Waals surface area contributed by atoms with Crippen LogP contribution in [0.25, 0.3) is 0 Å². The Labute approximate surface area is 103 Å². The second kappa shape index (κ2) is 4.65. The first-order chi connectivity index (χ1) is 8.04. The van der Waals surface area contributed by atoms with Gasteiger partial charge in [0.2, 0.25) is 0 Å². The van der Waals surface area contributed by atoms with E-state index in [1.54, 1.807) is 12.1 Å². The Balaban J connectivity index is 2.37. The first-order valence-electron chi connectivity index (χ1n) is 6.31. The standard InChI is InChI=1S/C14H21FN2/c1-14(2)7-3-9-17(14)13-5-4-12(15)10-11(13)6-8-16/h4-5,10H,3,6-9,16H2,1-2H3. The van der Waals surface area contributed by atoms with Crippen LogP contribution in [0.1, 0.15) is 32.3 Å². The molecule has 1 aliphatic heterocycles. The van der Waals surface area contributed by atoms with E-state index >= 15 is 0 Å². The number of halogens is 1. The molecular weight excluding hydrogens is 215 g/mol. The zero-order valence-electron chi connectivity index (χ0n) is 10.7. The largest absolute Gasteiger partial charge is 0.366 e. The van der Waals surface area contributed by atoms with Crippen molar-refractivity contribution in [3.63, 3.8) is 0 Å². The van der Waals surface area contributed by atoms with E-state index < -0.39 is 0 Å². The lowest BCUT2D eigenvalue weighted by atomic mass is 10.00. The maximum absolute atomic E-state index is 13.3. The summed E-state index contributed by atoms with van der Waals surface area (Å²) >= 11 is 0. The average molecular weight is 236 g/mol. The van der Waals surface area contributed by atoms with Gasteiger partial charge < -0.3 is 10.6 Å². The molecule has 0 spiro atoms. The summed E-state index contributed by atoms with van der Waals surface area (Å²) in [5.41, 5.74) is 7.95. The molecule has 0 saturated carbocycles. The Hall–Kier alpha value is -1.09. The van der Waals surface area contributed by atoms with Crippen LogP contribution in [0.5, 0.6) is 0 Å². The third-order valence-corrected chi connectivity index (χ3v) is 3.65. The van der Waals surface area contributed by atoms with Crippen LogP contribution >= 0.6 is 0 Å². The molecule has 1 fully saturated rings. The van der Waals surface area contributed by atoms with Crippen molar-refractivity contribution in [3.8, 4) is 0 Å². The Morgan fingerprint density at radius 1 is 1.41 bits per heavy atom. The quantitative estimate of drug-likeness (QED) is 0.874. The normalized spacial score (nSPS) is 18.7. The highest BCUT2D eigenvalue weighted by Crippen LogP contribution is 2.35. The van der Waals surface area contributed by atoms with Crippen molar-refractivity contribution in [2.24, 2.45) is 5.73 Å².